The fraction of sp³-hybridized carbons (Fsp3) is 0.0714. The molecule has 0 saturated carbocycles. The molecular weight excluding hydrogens is 381 g/mol. The molecule has 0 radical (unpaired) electrons. The van der Waals surface area contributed by atoms with E-state index >= 15 is 0 Å². The Kier molecular flexibility index (Phi) is 7.67. The van der Waals surface area contributed by atoms with Crippen molar-refractivity contribution in [3.63, 3.8) is 0 Å². The molecule has 0 N–H and O–H groups in total. The van der Waals surface area contributed by atoms with E-state index in [1.807, 2.05) is 24.3 Å². The van der Waals surface area contributed by atoms with Crippen LogP contribution in [0.15, 0.2) is 46.9 Å². The van der Waals surface area contributed by atoms with Crippen LogP contribution in [0.3, 0.4) is 0 Å². The molecule has 0 aliphatic heterocycles. The smallest absolute Gasteiger partial charge is 0.545 e. The van der Waals surface area contributed by atoms with E-state index in [9.17, 15) is 20.0 Å². The first kappa shape index (κ1) is 19.3. The van der Waals surface area contributed by atoms with Crippen LogP contribution in [0.25, 0.3) is 0 Å². The summed E-state index contributed by atoms with van der Waals surface area (Å²) in [6.07, 6.45) is 0. The van der Waals surface area contributed by atoms with Gasteiger partial charge in [-0.3, -0.25) is 10.1 Å². The molecule has 2 aromatic rings. The van der Waals surface area contributed by atoms with Gasteiger partial charge in [0.25, 0.3) is 5.69 Å². The Morgan fingerprint density at radius 3 is 2.50 bits per heavy atom. The fourth-order valence-corrected chi connectivity index (χ4v) is 2.09. The fourth-order valence-electron chi connectivity index (χ4n) is 1.69. The molecule has 2 rings (SSSR count). The van der Waals surface area contributed by atoms with Crippen molar-refractivity contribution in [2.45, 2.75) is 6.61 Å². The van der Waals surface area contributed by atoms with Gasteiger partial charge in [0.1, 0.15) is 12.4 Å². The number of benzene rings is 2. The molecule has 0 unspecified atom stereocenters. The first-order chi connectivity index (χ1) is 9.99. The molecule has 0 amide bonds. The zero-order valence-electron chi connectivity index (χ0n) is 11.6. The molecule has 0 saturated heterocycles. The van der Waals surface area contributed by atoms with Gasteiger partial charge in [0, 0.05) is 27.7 Å². The number of hydrogen-bond acceptors (Lipinski definition) is 5. The number of non-ortho nitro benzene ring substituents is 1. The first-order valence-corrected chi connectivity index (χ1v) is 6.64. The van der Waals surface area contributed by atoms with Crippen molar-refractivity contribution in [1.82, 2.24) is 0 Å². The summed E-state index contributed by atoms with van der Waals surface area (Å²) >= 11 is 3.35. The van der Waals surface area contributed by atoms with Crippen LogP contribution in [0.2, 0.25) is 0 Å². The number of ether oxygens (including phenoxy) is 1. The van der Waals surface area contributed by atoms with Crippen molar-refractivity contribution >= 4 is 27.6 Å². The molecule has 0 aliphatic rings. The zero-order valence-corrected chi connectivity index (χ0v) is 16.3. The molecule has 0 fully saturated rings. The summed E-state index contributed by atoms with van der Waals surface area (Å²) in [6, 6.07) is 10.7. The molecule has 108 valence electrons. The number of carboxylic acid groups (broad SMARTS) is 1. The van der Waals surface area contributed by atoms with Gasteiger partial charge in [0.05, 0.1) is 10.9 Å². The second kappa shape index (κ2) is 8.75. The quantitative estimate of drug-likeness (QED) is 0.383. The van der Waals surface area contributed by atoms with Gasteiger partial charge >= 0.3 is 51.4 Å². The second-order valence-corrected chi connectivity index (χ2v) is 4.96. The van der Waals surface area contributed by atoms with Gasteiger partial charge in [-0.15, -0.1) is 0 Å². The van der Waals surface area contributed by atoms with E-state index in [0.29, 0.717) is 0 Å². The largest absolute Gasteiger partial charge is 1.00 e. The molecular formula is C14H9BrKNO5. The molecule has 6 nitrogen and oxygen atoms in total. The van der Waals surface area contributed by atoms with Crippen LogP contribution in [0.4, 0.5) is 5.69 Å². The van der Waals surface area contributed by atoms with Gasteiger partial charge in [-0.2, -0.15) is 0 Å². The molecule has 0 spiro atoms. The van der Waals surface area contributed by atoms with Crippen molar-refractivity contribution in [1.29, 1.82) is 0 Å². The molecule has 0 aliphatic carbocycles. The average molecular weight is 390 g/mol. The van der Waals surface area contributed by atoms with Crippen LogP contribution in [-0.2, 0) is 6.61 Å². The Labute approximate surface area is 177 Å². The summed E-state index contributed by atoms with van der Waals surface area (Å²) in [4.78, 5) is 21.0. The molecule has 0 bridgehead atoms. The first-order valence-electron chi connectivity index (χ1n) is 5.85. The van der Waals surface area contributed by atoms with E-state index < -0.39 is 10.9 Å². The summed E-state index contributed by atoms with van der Waals surface area (Å²) in [5.41, 5.74) is 0.138. The number of nitro groups is 1. The predicted molar refractivity (Wildman–Crippen MR) is 75.9 cm³/mol. The van der Waals surface area contributed by atoms with Crippen molar-refractivity contribution in [3.8, 4) is 5.75 Å². The van der Waals surface area contributed by atoms with E-state index in [-0.39, 0.29) is 75.0 Å². The summed E-state index contributed by atoms with van der Waals surface area (Å²) in [6.45, 7) is 0.125. The number of rotatable bonds is 5. The summed E-state index contributed by atoms with van der Waals surface area (Å²) in [5.74, 6) is -1.50. The maximum Gasteiger partial charge on any atom is 1.00 e. The number of carboxylic acids is 1. The van der Waals surface area contributed by atoms with Gasteiger partial charge in [-0.1, -0.05) is 34.1 Å². The van der Waals surface area contributed by atoms with Gasteiger partial charge in [-0.25, -0.2) is 0 Å². The van der Waals surface area contributed by atoms with E-state index in [1.165, 1.54) is 12.1 Å². The van der Waals surface area contributed by atoms with Gasteiger partial charge < -0.3 is 14.6 Å². The number of carbonyl (C=O) groups is 1. The van der Waals surface area contributed by atoms with Gasteiger partial charge in [0.15, 0.2) is 0 Å². The third-order valence-electron chi connectivity index (χ3n) is 2.73. The molecule has 2 aromatic carbocycles. The van der Waals surface area contributed by atoms with Crippen molar-refractivity contribution in [3.05, 3.63) is 68.2 Å². The monoisotopic (exact) mass is 389 g/mol. The maximum absolute atomic E-state index is 11.1. The van der Waals surface area contributed by atoms with E-state index in [1.54, 1.807) is 0 Å². The maximum atomic E-state index is 11.1. The standard InChI is InChI=1S/C14H10BrNO5.K/c15-12-4-2-1-3-9(12)8-21-13-6-5-10(16(19)20)7-11(13)14(17)18;/h1-7H,8H2,(H,17,18);/q;+1/p-1. The Morgan fingerprint density at radius 2 is 1.91 bits per heavy atom. The second-order valence-electron chi connectivity index (χ2n) is 4.11. The number of halogens is 1. The van der Waals surface area contributed by atoms with Crippen molar-refractivity contribution in [2.75, 3.05) is 0 Å². The van der Waals surface area contributed by atoms with Crippen LogP contribution < -0.4 is 61.2 Å². The van der Waals surface area contributed by atoms with Crippen molar-refractivity contribution in [2.24, 2.45) is 0 Å². The Balaban J connectivity index is 0.00000242. The summed E-state index contributed by atoms with van der Waals surface area (Å²) in [7, 11) is 0. The number of aromatic carboxylic acids is 1. The van der Waals surface area contributed by atoms with Gasteiger partial charge in [0.2, 0.25) is 0 Å². The van der Waals surface area contributed by atoms with Crippen LogP contribution in [0.1, 0.15) is 15.9 Å². The minimum absolute atomic E-state index is 0. The van der Waals surface area contributed by atoms with Crippen LogP contribution >= 0.6 is 15.9 Å². The third-order valence-corrected chi connectivity index (χ3v) is 3.51. The molecule has 8 heteroatoms. The molecule has 0 aromatic heterocycles. The SMILES string of the molecule is O=C([O-])c1cc([N+](=O)[O-])ccc1OCc1ccccc1Br.[K+]. The van der Waals surface area contributed by atoms with Crippen LogP contribution in [0, 0.1) is 10.1 Å². The Bertz CT molecular complexity index is 707. The average Bonchev–Trinajstić information content (AvgIpc) is 2.46. The van der Waals surface area contributed by atoms with E-state index in [4.69, 9.17) is 4.74 Å². The van der Waals surface area contributed by atoms with E-state index in [0.717, 1.165) is 16.1 Å². The number of hydrogen-bond donors (Lipinski definition) is 0. The minimum atomic E-state index is -1.53. The Hall–Kier alpha value is -0.774. The summed E-state index contributed by atoms with van der Waals surface area (Å²) in [5, 5.41) is 21.7. The van der Waals surface area contributed by atoms with Crippen molar-refractivity contribution < 1.29 is 70.9 Å². The Morgan fingerprint density at radius 1 is 1.23 bits per heavy atom. The number of nitro benzene ring substituents is 1. The van der Waals surface area contributed by atoms with Gasteiger partial charge in [-0.05, 0) is 12.1 Å². The predicted octanol–water partition coefficient (Wildman–Crippen LogP) is -0.696. The van der Waals surface area contributed by atoms with E-state index in [2.05, 4.69) is 15.9 Å². The van der Waals surface area contributed by atoms with Crippen LogP contribution in [-0.4, -0.2) is 10.9 Å². The number of carbonyl (C=O) groups excluding carboxylic acids is 1. The third kappa shape index (κ3) is 4.87. The normalized spacial score (nSPS) is 9.68. The molecule has 22 heavy (non-hydrogen) atoms. The molecule has 0 atom stereocenters. The molecule has 0 heterocycles. The summed E-state index contributed by atoms with van der Waals surface area (Å²) < 4.78 is 6.25. The minimum Gasteiger partial charge on any atom is -0.545 e. The van der Waals surface area contributed by atoms with Crippen LogP contribution in [0.5, 0.6) is 5.75 Å². The zero-order chi connectivity index (χ0) is 15.4. The topological polar surface area (TPSA) is 92.5 Å². The number of nitrogens with zero attached hydrogens (tertiary/aromatic N) is 1.